The van der Waals surface area contributed by atoms with Gasteiger partial charge < -0.3 is 9.47 Å². The number of para-hydroxylation sites is 1. The highest BCUT2D eigenvalue weighted by atomic mass is 35.5. The number of halogens is 1. The minimum atomic E-state index is -0.512. The summed E-state index contributed by atoms with van der Waals surface area (Å²) in [5, 5.41) is 5.42. The molecule has 1 heterocycles. The molecule has 0 saturated carbocycles. The summed E-state index contributed by atoms with van der Waals surface area (Å²) in [6.45, 7) is 2.28. The summed E-state index contributed by atoms with van der Waals surface area (Å²) in [7, 11) is 0. The molecular weight excluding hydrogens is 434 g/mol. The highest BCUT2D eigenvalue weighted by molar-refractivity contribution is 7.22. The monoisotopic (exact) mass is 451 g/mol. The molecule has 8 heteroatoms. The molecule has 0 aliphatic carbocycles. The molecule has 0 spiro atoms. The van der Waals surface area contributed by atoms with E-state index in [1.54, 1.807) is 48.7 Å². The van der Waals surface area contributed by atoms with Gasteiger partial charge in [-0.05, 0) is 61.0 Å². The molecule has 0 amide bonds. The van der Waals surface area contributed by atoms with Gasteiger partial charge in [-0.1, -0.05) is 41.1 Å². The summed E-state index contributed by atoms with van der Waals surface area (Å²) >= 11 is 7.48. The second-order valence-corrected chi connectivity index (χ2v) is 7.86. The van der Waals surface area contributed by atoms with Gasteiger partial charge in [0.15, 0.2) is 11.5 Å². The van der Waals surface area contributed by atoms with Crippen LogP contribution < -0.4 is 14.9 Å². The summed E-state index contributed by atoms with van der Waals surface area (Å²) in [5.74, 6) is 0.257. The molecule has 31 heavy (non-hydrogen) atoms. The first-order chi connectivity index (χ1) is 15.1. The number of benzene rings is 3. The van der Waals surface area contributed by atoms with Crippen molar-refractivity contribution in [1.29, 1.82) is 0 Å². The molecule has 156 valence electrons. The number of hydrazone groups is 1. The molecular formula is C23H18ClN3O3S. The first-order valence-electron chi connectivity index (χ1n) is 9.51. The van der Waals surface area contributed by atoms with Gasteiger partial charge in [-0.3, -0.25) is 5.43 Å². The standard InChI is InChI=1S/C23H18ClN3O3S/c1-2-29-20-12-15(14-25-27-23-26-18-8-3-4-9-21(18)31-23)10-11-19(20)30-22(28)16-6-5-7-17(24)13-16/h3-14H,2H2,1H3,(H,26,27)/b25-14-. The summed E-state index contributed by atoms with van der Waals surface area (Å²) in [4.78, 5) is 16.9. The minimum Gasteiger partial charge on any atom is -0.490 e. The Kier molecular flexibility index (Phi) is 6.45. The smallest absolute Gasteiger partial charge is 0.343 e. The fourth-order valence-corrected chi connectivity index (χ4v) is 3.82. The van der Waals surface area contributed by atoms with Gasteiger partial charge in [-0.15, -0.1) is 0 Å². The van der Waals surface area contributed by atoms with Crippen LogP contribution in [0.15, 0.2) is 71.8 Å². The lowest BCUT2D eigenvalue weighted by molar-refractivity contribution is 0.0728. The van der Waals surface area contributed by atoms with Crippen molar-refractivity contribution in [2.24, 2.45) is 5.10 Å². The molecule has 0 aliphatic heterocycles. The van der Waals surface area contributed by atoms with Crippen LogP contribution in [0.5, 0.6) is 11.5 Å². The van der Waals surface area contributed by atoms with Crippen LogP contribution in [0.1, 0.15) is 22.8 Å². The molecule has 4 aromatic rings. The highest BCUT2D eigenvalue weighted by Crippen LogP contribution is 2.29. The second-order valence-electron chi connectivity index (χ2n) is 6.40. The topological polar surface area (TPSA) is 72.8 Å². The number of nitrogens with zero attached hydrogens (tertiary/aromatic N) is 2. The van der Waals surface area contributed by atoms with Gasteiger partial charge in [0, 0.05) is 5.02 Å². The van der Waals surface area contributed by atoms with E-state index in [4.69, 9.17) is 21.1 Å². The van der Waals surface area contributed by atoms with E-state index in [0.29, 0.717) is 33.8 Å². The lowest BCUT2D eigenvalue weighted by Gasteiger charge is -2.11. The number of rotatable bonds is 7. The molecule has 6 nitrogen and oxygen atoms in total. The Morgan fingerprint density at radius 1 is 1.13 bits per heavy atom. The maximum absolute atomic E-state index is 12.4. The number of ether oxygens (including phenoxy) is 2. The number of hydrogen-bond acceptors (Lipinski definition) is 7. The van der Waals surface area contributed by atoms with Crippen LogP contribution in [0.4, 0.5) is 5.13 Å². The lowest BCUT2D eigenvalue weighted by atomic mass is 10.2. The number of nitrogens with one attached hydrogen (secondary N) is 1. The number of thiazole rings is 1. The quantitative estimate of drug-likeness (QED) is 0.161. The predicted molar refractivity (Wildman–Crippen MR) is 125 cm³/mol. The van der Waals surface area contributed by atoms with E-state index < -0.39 is 5.97 Å². The molecule has 0 fully saturated rings. The molecule has 0 saturated heterocycles. The van der Waals surface area contributed by atoms with Crippen molar-refractivity contribution >= 4 is 50.5 Å². The average Bonchev–Trinajstić information content (AvgIpc) is 3.18. The Labute approximate surface area is 188 Å². The molecule has 0 radical (unpaired) electrons. The SMILES string of the molecule is CCOc1cc(/C=N\Nc2nc3ccccc3s2)ccc1OC(=O)c1cccc(Cl)c1. The van der Waals surface area contributed by atoms with Crippen molar-refractivity contribution in [2.75, 3.05) is 12.0 Å². The van der Waals surface area contributed by atoms with E-state index in [9.17, 15) is 4.79 Å². The van der Waals surface area contributed by atoms with Crippen molar-refractivity contribution in [3.8, 4) is 11.5 Å². The summed E-state index contributed by atoms with van der Waals surface area (Å²) in [6, 6.07) is 19.7. The van der Waals surface area contributed by atoms with Gasteiger partial charge >= 0.3 is 5.97 Å². The van der Waals surface area contributed by atoms with E-state index in [0.717, 1.165) is 15.8 Å². The highest BCUT2D eigenvalue weighted by Gasteiger charge is 2.13. The fraction of sp³-hybridized carbons (Fsp3) is 0.0870. The molecule has 0 unspecified atom stereocenters. The number of carbonyl (C=O) groups excluding carboxylic acids is 1. The van der Waals surface area contributed by atoms with E-state index in [1.807, 2.05) is 31.2 Å². The zero-order valence-electron chi connectivity index (χ0n) is 16.5. The number of aromatic nitrogens is 1. The van der Waals surface area contributed by atoms with Crippen LogP contribution >= 0.6 is 22.9 Å². The molecule has 4 rings (SSSR count). The Morgan fingerprint density at radius 2 is 2.00 bits per heavy atom. The number of carbonyl (C=O) groups is 1. The largest absolute Gasteiger partial charge is 0.490 e. The number of fused-ring (bicyclic) bond motifs is 1. The lowest BCUT2D eigenvalue weighted by Crippen LogP contribution is -2.09. The van der Waals surface area contributed by atoms with E-state index in [-0.39, 0.29) is 0 Å². The average molecular weight is 452 g/mol. The molecule has 1 N–H and O–H groups in total. The van der Waals surface area contributed by atoms with Crippen LogP contribution in [0.3, 0.4) is 0 Å². The van der Waals surface area contributed by atoms with Crippen molar-refractivity contribution in [3.63, 3.8) is 0 Å². The molecule has 3 aromatic carbocycles. The van der Waals surface area contributed by atoms with Gasteiger partial charge in [-0.25, -0.2) is 9.78 Å². The van der Waals surface area contributed by atoms with Crippen molar-refractivity contribution in [3.05, 3.63) is 82.9 Å². The van der Waals surface area contributed by atoms with Gasteiger partial charge in [-0.2, -0.15) is 5.10 Å². The normalized spacial score (nSPS) is 11.0. The third kappa shape index (κ3) is 5.20. The van der Waals surface area contributed by atoms with Crippen LogP contribution in [0.2, 0.25) is 5.02 Å². The third-order valence-electron chi connectivity index (χ3n) is 4.20. The Bertz CT molecular complexity index is 1220. The van der Waals surface area contributed by atoms with Crippen LogP contribution in [0, 0.1) is 0 Å². The van der Waals surface area contributed by atoms with Crippen LogP contribution in [0.25, 0.3) is 10.2 Å². The number of anilines is 1. The van der Waals surface area contributed by atoms with Gasteiger partial charge in [0.1, 0.15) is 0 Å². The van der Waals surface area contributed by atoms with E-state index >= 15 is 0 Å². The Morgan fingerprint density at radius 3 is 2.81 bits per heavy atom. The fourth-order valence-electron chi connectivity index (χ4n) is 2.81. The van der Waals surface area contributed by atoms with E-state index in [1.165, 1.54) is 11.3 Å². The molecule has 1 aromatic heterocycles. The van der Waals surface area contributed by atoms with Crippen molar-refractivity contribution < 1.29 is 14.3 Å². The van der Waals surface area contributed by atoms with Crippen LogP contribution in [-0.4, -0.2) is 23.8 Å². The summed E-state index contributed by atoms with van der Waals surface area (Å²) < 4.78 is 12.2. The van der Waals surface area contributed by atoms with Gasteiger partial charge in [0.25, 0.3) is 0 Å². The molecule has 0 bridgehead atoms. The van der Waals surface area contributed by atoms with Gasteiger partial charge in [0.05, 0.1) is 28.6 Å². The van der Waals surface area contributed by atoms with E-state index in [2.05, 4.69) is 15.5 Å². The predicted octanol–water partition coefficient (Wildman–Crippen LogP) is 6.01. The van der Waals surface area contributed by atoms with Crippen molar-refractivity contribution in [1.82, 2.24) is 4.98 Å². The zero-order valence-corrected chi connectivity index (χ0v) is 18.1. The van der Waals surface area contributed by atoms with Crippen LogP contribution in [-0.2, 0) is 0 Å². The first-order valence-corrected chi connectivity index (χ1v) is 10.7. The van der Waals surface area contributed by atoms with Gasteiger partial charge in [0.2, 0.25) is 5.13 Å². The maximum atomic E-state index is 12.4. The van der Waals surface area contributed by atoms with Crippen molar-refractivity contribution in [2.45, 2.75) is 6.92 Å². The molecule has 0 atom stereocenters. The minimum absolute atomic E-state index is 0.322. The molecule has 0 aliphatic rings. The summed E-state index contributed by atoms with van der Waals surface area (Å²) in [5.41, 5.74) is 5.01. The summed E-state index contributed by atoms with van der Waals surface area (Å²) in [6.07, 6.45) is 1.65. The Balaban J connectivity index is 1.48. The Hall–Kier alpha value is -3.42. The maximum Gasteiger partial charge on any atom is 0.343 e. The second kappa shape index (κ2) is 9.59. The number of hydrogen-bond donors (Lipinski definition) is 1. The third-order valence-corrected chi connectivity index (χ3v) is 5.37. The number of esters is 1. The first kappa shape index (κ1) is 20.8. The zero-order chi connectivity index (χ0) is 21.6.